The van der Waals surface area contributed by atoms with Gasteiger partial charge in [-0.2, -0.15) is 0 Å². The zero-order chi connectivity index (χ0) is 17.2. The molecule has 1 N–H and O–H groups in total. The Kier molecular flexibility index (Phi) is 4.10. The molecule has 1 fully saturated rings. The van der Waals surface area contributed by atoms with Crippen LogP contribution in [0.1, 0.15) is 12.8 Å². The largest absolute Gasteiger partial charge is 0.481 e. The number of hydrogen-bond acceptors (Lipinski definition) is 3. The van der Waals surface area contributed by atoms with Crippen LogP contribution in [0.15, 0.2) is 60.8 Å². The van der Waals surface area contributed by atoms with Crippen molar-refractivity contribution in [2.45, 2.75) is 12.8 Å². The van der Waals surface area contributed by atoms with Gasteiger partial charge < -0.3 is 10.0 Å². The first kappa shape index (κ1) is 15.6. The number of carbonyl (C=O) groups is 1. The summed E-state index contributed by atoms with van der Waals surface area (Å²) >= 11 is 0. The normalized spacial score (nSPS) is 17.6. The van der Waals surface area contributed by atoms with Gasteiger partial charge >= 0.3 is 5.97 Å². The number of carboxylic acid groups (broad SMARTS) is 1. The predicted molar refractivity (Wildman–Crippen MR) is 99.8 cm³/mol. The lowest BCUT2D eigenvalue weighted by Crippen LogP contribution is -2.39. The quantitative estimate of drug-likeness (QED) is 0.781. The van der Waals surface area contributed by atoms with Crippen LogP contribution in [-0.2, 0) is 4.79 Å². The minimum atomic E-state index is -0.711. The maximum atomic E-state index is 11.2. The zero-order valence-corrected chi connectivity index (χ0v) is 13.9. The molecule has 1 unspecified atom stereocenters. The Bertz CT molecular complexity index is 900. The van der Waals surface area contributed by atoms with Crippen molar-refractivity contribution in [2.75, 3.05) is 18.0 Å². The Labute approximate surface area is 146 Å². The number of benzene rings is 2. The van der Waals surface area contributed by atoms with Crippen molar-refractivity contribution in [3.63, 3.8) is 0 Å². The van der Waals surface area contributed by atoms with Crippen LogP contribution in [0.2, 0.25) is 0 Å². The number of piperidine rings is 1. The second kappa shape index (κ2) is 6.55. The molecule has 0 amide bonds. The van der Waals surface area contributed by atoms with E-state index in [-0.39, 0.29) is 5.92 Å². The van der Waals surface area contributed by atoms with Crippen LogP contribution in [0.3, 0.4) is 0 Å². The third-order valence-electron chi connectivity index (χ3n) is 4.94. The van der Waals surface area contributed by atoms with Crippen LogP contribution < -0.4 is 4.90 Å². The second-order valence-corrected chi connectivity index (χ2v) is 6.56. The Morgan fingerprint density at radius 2 is 1.92 bits per heavy atom. The summed E-state index contributed by atoms with van der Waals surface area (Å²) in [4.78, 5) is 17.9. The fourth-order valence-corrected chi connectivity index (χ4v) is 3.60. The monoisotopic (exact) mass is 332 g/mol. The molecule has 0 spiro atoms. The summed E-state index contributed by atoms with van der Waals surface area (Å²) < 4.78 is 0. The number of pyridine rings is 1. The van der Waals surface area contributed by atoms with Crippen molar-refractivity contribution in [1.29, 1.82) is 0 Å². The molecule has 0 bridgehead atoms. The number of aromatic nitrogens is 1. The summed E-state index contributed by atoms with van der Waals surface area (Å²) in [5, 5.41) is 11.7. The van der Waals surface area contributed by atoms with Gasteiger partial charge in [0.25, 0.3) is 0 Å². The summed E-state index contributed by atoms with van der Waals surface area (Å²) in [5.74, 6) is -0.152. The first-order chi connectivity index (χ1) is 12.2. The minimum Gasteiger partial charge on any atom is -0.481 e. The Balaban J connectivity index is 1.63. The summed E-state index contributed by atoms with van der Waals surface area (Å²) in [5.41, 5.74) is 2.24. The zero-order valence-electron chi connectivity index (χ0n) is 13.9. The Morgan fingerprint density at radius 3 is 2.72 bits per heavy atom. The molecule has 25 heavy (non-hydrogen) atoms. The molecule has 1 aromatic heterocycles. The van der Waals surface area contributed by atoms with Crippen molar-refractivity contribution in [1.82, 2.24) is 4.98 Å². The van der Waals surface area contributed by atoms with Crippen molar-refractivity contribution < 1.29 is 9.90 Å². The van der Waals surface area contributed by atoms with Gasteiger partial charge in [0.15, 0.2) is 0 Å². The molecule has 2 heterocycles. The molecular weight excluding hydrogens is 312 g/mol. The van der Waals surface area contributed by atoms with E-state index in [4.69, 9.17) is 0 Å². The molecule has 4 nitrogen and oxygen atoms in total. The average molecular weight is 332 g/mol. The van der Waals surface area contributed by atoms with Crippen molar-refractivity contribution in [2.24, 2.45) is 5.92 Å². The predicted octanol–water partition coefficient (Wildman–Crippen LogP) is 4.20. The van der Waals surface area contributed by atoms with Crippen LogP contribution in [0.25, 0.3) is 21.9 Å². The molecule has 4 heteroatoms. The highest BCUT2D eigenvalue weighted by Gasteiger charge is 2.26. The Hall–Kier alpha value is -2.88. The van der Waals surface area contributed by atoms with Gasteiger partial charge in [0.1, 0.15) is 5.82 Å². The lowest BCUT2D eigenvalue weighted by atomic mass is 9.98. The standard InChI is InChI=1S/C21H20N2O2/c24-21(25)17-7-4-12-23(14-17)20-11-10-16(13-22-20)19-9-3-6-15-5-1-2-8-18(15)19/h1-3,5-6,8-11,13,17H,4,7,12,14H2,(H,24,25). The molecule has 1 atom stereocenters. The van der Waals surface area contributed by atoms with E-state index in [1.165, 1.54) is 16.3 Å². The highest BCUT2D eigenvalue weighted by atomic mass is 16.4. The van der Waals surface area contributed by atoms with Crippen LogP contribution in [0.4, 0.5) is 5.82 Å². The topological polar surface area (TPSA) is 53.4 Å². The van der Waals surface area contributed by atoms with Crippen molar-refractivity contribution >= 4 is 22.6 Å². The molecule has 1 aliphatic heterocycles. The van der Waals surface area contributed by atoms with Crippen LogP contribution in [0, 0.1) is 5.92 Å². The van der Waals surface area contributed by atoms with E-state index in [1.54, 1.807) is 0 Å². The fraction of sp³-hybridized carbons (Fsp3) is 0.238. The first-order valence-corrected chi connectivity index (χ1v) is 8.64. The molecule has 1 aliphatic rings. The van der Waals surface area contributed by atoms with Gasteiger partial charge in [-0.25, -0.2) is 4.98 Å². The van der Waals surface area contributed by atoms with E-state index in [1.807, 2.05) is 24.4 Å². The molecule has 0 aliphatic carbocycles. The number of aliphatic carboxylic acids is 1. The average Bonchev–Trinajstić information content (AvgIpc) is 2.68. The molecular formula is C21H20N2O2. The molecule has 0 radical (unpaired) electrons. The van der Waals surface area contributed by atoms with Gasteiger partial charge in [-0.15, -0.1) is 0 Å². The van der Waals surface area contributed by atoms with E-state index in [0.717, 1.165) is 30.8 Å². The van der Waals surface area contributed by atoms with Gasteiger partial charge in [0, 0.05) is 24.8 Å². The fourth-order valence-electron chi connectivity index (χ4n) is 3.60. The second-order valence-electron chi connectivity index (χ2n) is 6.56. The van der Waals surface area contributed by atoms with Gasteiger partial charge in [-0.3, -0.25) is 4.79 Å². The SMILES string of the molecule is O=C(O)C1CCCN(c2ccc(-c3cccc4ccccc34)cn2)C1. The van der Waals surface area contributed by atoms with Gasteiger partial charge in [0.2, 0.25) is 0 Å². The number of fused-ring (bicyclic) bond motifs is 1. The molecule has 3 aromatic rings. The van der Waals surface area contributed by atoms with Crippen molar-refractivity contribution in [3.8, 4) is 11.1 Å². The lowest BCUT2D eigenvalue weighted by molar-refractivity contribution is -0.141. The third-order valence-corrected chi connectivity index (χ3v) is 4.94. The molecule has 0 saturated carbocycles. The first-order valence-electron chi connectivity index (χ1n) is 8.64. The minimum absolute atomic E-state index is 0.298. The van der Waals surface area contributed by atoms with Crippen LogP contribution in [0.5, 0.6) is 0 Å². The number of carboxylic acids is 1. The van der Waals surface area contributed by atoms with E-state index in [2.05, 4.69) is 46.3 Å². The summed E-state index contributed by atoms with van der Waals surface area (Å²) in [6.07, 6.45) is 3.53. The third kappa shape index (κ3) is 3.07. The number of hydrogen-bond donors (Lipinski definition) is 1. The van der Waals surface area contributed by atoms with E-state index >= 15 is 0 Å². The van der Waals surface area contributed by atoms with E-state index < -0.39 is 5.97 Å². The highest BCUT2D eigenvalue weighted by Crippen LogP contribution is 2.29. The molecule has 126 valence electrons. The number of rotatable bonds is 3. The van der Waals surface area contributed by atoms with Crippen molar-refractivity contribution in [3.05, 3.63) is 60.8 Å². The van der Waals surface area contributed by atoms with Crippen LogP contribution in [-0.4, -0.2) is 29.1 Å². The number of nitrogens with zero attached hydrogens (tertiary/aromatic N) is 2. The van der Waals surface area contributed by atoms with Gasteiger partial charge in [-0.05, 0) is 41.3 Å². The summed E-state index contributed by atoms with van der Waals surface area (Å²) in [7, 11) is 0. The maximum Gasteiger partial charge on any atom is 0.308 e. The molecule has 4 rings (SSSR count). The summed E-state index contributed by atoms with van der Waals surface area (Å²) in [6.45, 7) is 1.40. The molecule has 1 saturated heterocycles. The van der Waals surface area contributed by atoms with E-state index in [9.17, 15) is 9.90 Å². The highest BCUT2D eigenvalue weighted by molar-refractivity contribution is 5.96. The van der Waals surface area contributed by atoms with Gasteiger partial charge in [-0.1, -0.05) is 42.5 Å². The number of anilines is 1. The van der Waals surface area contributed by atoms with E-state index in [0.29, 0.717) is 6.54 Å². The van der Waals surface area contributed by atoms with Gasteiger partial charge in [0.05, 0.1) is 5.92 Å². The summed E-state index contributed by atoms with van der Waals surface area (Å²) in [6, 6.07) is 18.7. The van der Waals surface area contributed by atoms with Crippen LogP contribution >= 0.6 is 0 Å². The smallest absolute Gasteiger partial charge is 0.308 e. The Morgan fingerprint density at radius 1 is 1.08 bits per heavy atom. The lowest BCUT2D eigenvalue weighted by Gasteiger charge is -2.31. The molecule has 2 aromatic carbocycles. The maximum absolute atomic E-state index is 11.2.